The van der Waals surface area contributed by atoms with Gasteiger partial charge in [0.2, 0.25) is 0 Å². The molecule has 158 valence electrons. The standard InChI is InChI=1S/C19H19ClF2N6S2/c1-19(4-5-19)27-30-11-8-12(10-2-6-23-7-3-10)13-14(20)24-16(28(13)9-11)18-26-25-17(29-18)15(21)22/h2,8-9,15,23,27H,3-7H2,1H3. The lowest BCUT2D eigenvalue weighted by molar-refractivity contribution is 0.150. The first kappa shape index (κ1) is 20.3. The molecule has 1 aliphatic heterocycles. The van der Waals surface area contributed by atoms with E-state index in [1.807, 2.05) is 10.6 Å². The number of rotatable bonds is 6. The van der Waals surface area contributed by atoms with Crippen molar-refractivity contribution in [3.63, 3.8) is 0 Å². The van der Waals surface area contributed by atoms with E-state index in [9.17, 15) is 8.78 Å². The SMILES string of the molecule is CC1(NSc2cc(C3=CCNCC3)c3c(Cl)nc(-c4nnc(C(F)F)s4)n3c2)CC1. The average molecular weight is 469 g/mol. The molecule has 0 unspecified atom stereocenters. The molecule has 4 heterocycles. The van der Waals surface area contributed by atoms with Crippen molar-refractivity contribution < 1.29 is 8.78 Å². The van der Waals surface area contributed by atoms with Crippen LogP contribution in [0.3, 0.4) is 0 Å². The summed E-state index contributed by atoms with van der Waals surface area (Å²) >= 11 is 8.95. The van der Waals surface area contributed by atoms with Crippen LogP contribution in [0.1, 0.15) is 43.2 Å². The largest absolute Gasteiger partial charge is 0.313 e. The summed E-state index contributed by atoms with van der Waals surface area (Å²) in [6.07, 6.45) is 4.60. The van der Waals surface area contributed by atoms with E-state index in [-0.39, 0.29) is 10.5 Å². The molecule has 6 nitrogen and oxygen atoms in total. The molecule has 0 amide bonds. The van der Waals surface area contributed by atoms with E-state index in [1.54, 1.807) is 11.9 Å². The first-order valence-electron chi connectivity index (χ1n) is 9.61. The second-order valence-corrected chi connectivity index (χ2v) is 9.98. The maximum Gasteiger partial charge on any atom is 0.291 e. The van der Waals surface area contributed by atoms with Gasteiger partial charge in [-0.05, 0) is 56.3 Å². The summed E-state index contributed by atoms with van der Waals surface area (Å²) in [5, 5.41) is 11.2. The molecule has 1 aliphatic carbocycles. The van der Waals surface area contributed by atoms with Gasteiger partial charge < -0.3 is 5.32 Å². The number of nitrogens with zero attached hydrogens (tertiary/aromatic N) is 4. The molecule has 2 aliphatic rings. The van der Waals surface area contributed by atoms with Crippen LogP contribution in [0.5, 0.6) is 0 Å². The van der Waals surface area contributed by atoms with E-state index in [0.717, 1.165) is 59.7 Å². The lowest BCUT2D eigenvalue weighted by atomic mass is 10.0. The quantitative estimate of drug-likeness (QED) is 0.498. The molecule has 0 radical (unpaired) electrons. The van der Waals surface area contributed by atoms with Crippen molar-refractivity contribution in [1.29, 1.82) is 0 Å². The van der Waals surface area contributed by atoms with Gasteiger partial charge >= 0.3 is 0 Å². The number of fused-ring (bicyclic) bond motifs is 1. The smallest absolute Gasteiger partial charge is 0.291 e. The fourth-order valence-electron chi connectivity index (χ4n) is 3.35. The molecule has 0 spiro atoms. The molecular formula is C19H19ClF2N6S2. The predicted octanol–water partition coefficient (Wildman–Crippen LogP) is 4.97. The number of hydrogen-bond donors (Lipinski definition) is 2. The van der Waals surface area contributed by atoms with Crippen LogP contribution in [-0.4, -0.2) is 38.2 Å². The monoisotopic (exact) mass is 468 g/mol. The molecule has 5 rings (SSSR count). The lowest BCUT2D eigenvalue weighted by Gasteiger charge is -2.17. The molecule has 3 aromatic heterocycles. The Kier molecular flexibility index (Phi) is 5.30. The van der Waals surface area contributed by atoms with Crippen molar-refractivity contribution in [3.8, 4) is 10.8 Å². The number of nitrogens with one attached hydrogen (secondary N) is 2. The topological polar surface area (TPSA) is 67.1 Å². The summed E-state index contributed by atoms with van der Waals surface area (Å²) in [7, 11) is 0. The van der Waals surface area contributed by atoms with Gasteiger partial charge in [0.25, 0.3) is 6.43 Å². The first-order chi connectivity index (χ1) is 14.4. The third-order valence-corrected chi connectivity index (χ3v) is 7.55. The van der Waals surface area contributed by atoms with Crippen LogP contribution in [0.15, 0.2) is 23.2 Å². The summed E-state index contributed by atoms with van der Waals surface area (Å²) in [5.41, 5.74) is 3.12. The summed E-state index contributed by atoms with van der Waals surface area (Å²) in [5.74, 6) is 0.426. The van der Waals surface area contributed by atoms with Crippen molar-refractivity contribution >= 4 is 46.0 Å². The molecule has 2 N–H and O–H groups in total. The highest BCUT2D eigenvalue weighted by molar-refractivity contribution is 7.97. The normalized spacial score (nSPS) is 18.2. The molecule has 11 heteroatoms. The zero-order chi connectivity index (χ0) is 20.9. The van der Waals surface area contributed by atoms with Gasteiger partial charge in [0.15, 0.2) is 21.0 Å². The maximum absolute atomic E-state index is 13.0. The van der Waals surface area contributed by atoms with Gasteiger partial charge in [-0.25, -0.2) is 13.8 Å². The van der Waals surface area contributed by atoms with E-state index in [1.165, 1.54) is 5.57 Å². The first-order valence-corrected chi connectivity index (χ1v) is 11.6. The van der Waals surface area contributed by atoms with Crippen LogP contribution in [0.4, 0.5) is 8.78 Å². The van der Waals surface area contributed by atoms with E-state index in [2.05, 4.69) is 44.3 Å². The number of pyridine rings is 1. The molecule has 30 heavy (non-hydrogen) atoms. The predicted molar refractivity (Wildman–Crippen MR) is 116 cm³/mol. The Morgan fingerprint density at radius 3 is 2.87 bits per heavy atom. The second-order valence-electron chi connectivity index (χ2n) is 7.73. The Bertz CT molecular complexity index is 1140. The van der Waals surface area contributed by atoms with E-state index < -0.39 is 6.43 Å². The maximum atomic E-state index is 13.0. The second kappa shape index (κ2) is 7.83. The molecule has 0 aromatic carbocycles. The Balaban J connectivity index is 1.64. The van der Waals surface area contributed by atoms with Crippen LogP contribution < -0.4 is 10.0 Å². The summed E-state index contributed by atoms with van der Waals surface area (Å²) in [4.78, 5) is 5.47. The molecule has 1 fully saturated rings. The highest BCUT2D eigenvalue weighted by atomic mass is 35.5. The molecule has 3 aromatic rings. The number of alkyl halides is 2. The van der Waals surface area contributed by atoms with E-state index >= 15 is 0 Å². The van der Waals surface area contributed by atoms with Gasteiger partial charge in [-0.2, -0.15) is 0 Å². The van der Waals surface area contributed by atoms with Crippen molar-refractivity contribution in [2.45, 2.75) is 43.0 Å². The third kappa shape index (κ3) is 3.87. The van der Waals surface area contributed by atoms with Gasteiger partial charge in [-0.3, -0.25) is 9.12 Å². The Labute approximate surface area is 185 Å². The van der Waals surface area contributed by atoms with Crippen molar-refractivity contribution in [2.24, 2.45) is 0 Å². The number of hydrogen-bond acceptors (Lipinski definition) is 7. The zero-order valence-corrected chi connectivity index (χ0v) is 18.5. The minimum absolute atomic E-state index is 0.161. The van der Waals surface area contributed by atoms with Crippen molar-refractivity contribution in [1.82, 2.24) is 29.6 Å². The van der Waals surface area contributed by atoms with Gasteiger partial charge in [-0.1, -0.05) is 29.0 Å². The van der Waals surface area contributed by atoms with E-state index in [0.29, 0.717) is 16.0 Å². The Morgan fingerprint density at radius 2 is 2.20 bits per heavy atom. The molecule has 0 saturated heterocycles. The summed E-state index contributed by atoms with van der Waals surface area (Å²) in [6, 6.07) is 2.12. The fraction of sp³-hybridized carbons (Fsp3) is 0.421. The molecular weight excluding hydrogens is 450 g/mol. The Morgan fingerprint density at radius 1 is 1.37 bits per heavy atom. The number of imidazole rings is 1. The number of halogens is 3. The van der Waals surface area contributed by atoms with Gasteiger partial charge in [-0.15, -0.1) is 10.2 Å². The molecule has 0 bridgehead atoms. The van der Waals surface area contributed by atoms with Crippen LogP contribution in [0.2, 0.25) is 5.15 Å². The van der Waals surface area contributed by atoms with Gasteiger partial charge in [0, 0.05) is 28.7 Å². The van der Waals surface area contributed by atoms with E-state index in [4.69, 9.17) is 11.6 Å². The van der Waals surface area contributed by atoms with Crippen molar-refractivity contribution in [2.75, 3.05) is 13.1 Å². The Hall–Kier alpha value is -1.59. The highest BCUT2D eigenvalue weighted by Crippen LogP contribution is 2.40. The van der Waals surface area contributed by atoms with Crippen LogP contribution >= 0.6 is 34.9 Å². The molecule has 1 saturated carbocycles. The summed E-state index contributed by atoms with van der Waals surface area (Å²) < 4.78 is 31.4. The highest BCUT2D eigenvalue weighted by Gasteiger charge is 2.37. The fourth-order valence-corrected chi connectivity index (χ4v) is 5.21. The van der Waals surface area contributed by atoms with Crippen molar-refractivity contribution in [3.05, 3.63) is 34.1 Å². The van der Waals surface area contributed by atoms with Crippen LogP contribution in [-0.2, 0) is 0 Å². The minimum Gasteiger partial charge on any atom is -0.313 e. The average Bonchev–Trinajstić information content (AvgIpc) is 3.14. The molecule has 0 atom stereocenters. The number of aromatic nitrogens is 4. The van der Waals surface area contributed by atoms with Crippen LogP contribution in [0, 0.1) is 0 Å². The van der Waals surface area contributed by atoms with Crippen LogP contribution in [0.25, 0.3) is 21.9 Å². The minimum atomic E-state index is -2.66. The van der Waals surface area contributed by atoms with Gasteiger partial charge in [0.05, 0.1) is 5.52 Å². The summed E-state index contributed by atoms with van der Waals surface area (Å²) in [6.45, 7) is 3.88. The van der Waals surface area contributed by atoms with Gasteiger partial charge in [0.1, 0.15) is 0 Å². The third-order valence-electron chi connectivity index (χ3n) is 5.31. The lowest BCUT2D eigenvalue weighted by Crippen LogP contribution is -2.21. The zero-order valence-electron chi connectivity index (χ0n) is 16.1.